The Kier molecular flexibility index (Phi) is 3.56. The molecule has 114 valence electrons. The fraction of sp³-hybridized carbons (Fsp3) is 0.286. The van der Waals surface area contributed by atoms with Gasteiger partial charge in [0, 0.05) is 12.6 Å². The van der Waals surface area contributed by atoms with E-state index in [1.54, 1.807) is 36.9 Å². The third-order valence-electron chi connectivity index (χ3n) is 3.78. The van der Waals surface area contributed by atoms with Gasteiger partial charge in [-0.2, -0.15) is 0 Å². The van der Waals surface area contributed by atoms with Crippen LogP contribution in [0.3, 0.4) is 0 Å². The van der Waals surface area contributed by atoms with Gasteiger partial charge in [-0.25, -0.2) is 13.8 Å². The SMILES string of the molecule is CN1C(=O)N(Cc2ccccc2F)C(=O)C2C1=NC(Br)=[N+]2C. The lowest BCUT2D eigenvalue weighted by molar-refractivity contribution is -0.502. The van der Waals surface area contributed by atoms with Crippen LogP contribution in [0, 0.1) is 5.82 Å². The van der Waals surface area contributed by atoms with Crippen LogP contribution in [0.2, 0.25) is 0 Å². The minimum absolute atomic E-state index is 0.107. The lowest BCUT2D eigenvalue weighted by Crippen LogP contribution is -2.62. The van der Waals surface area contributed by atoms with E-state index in [-0.39, 0.29) is 6.54 Å². The van der Waals surface area contributed by atoms with Gasteiger partial charge in [0.15, 0.2) is 0 Å². The predicted molar refractivity (Wildman–Crippen MR) is 81.5 cm³/mol. The summed E-state index contributed by atoms with van der Waals surface area (Å²) in [6.45, 7) is -0.107. The van der Waals surface area contributed by atoms with Crippen LogP contribution in [0.5, 0.6) is 0 Å². The molecular formula is C14H13BrFN4O2+. The van der Waals surface area contributed by atoms with Crippen molar-refractivity contribution in [3.05, 3.63) is 35.6 Å². The first kappa shape index (κ1) is 14.8. The summed E-state index contributed by atoms with van der Waals surface area (Å²) in [7, 11) is 3.25. The summed E-state index contributed by atoms with van der Waals surface area (Å²) in [5.41, 5.74) is 0.293. The van der Waals surface area contributed by atoms with Crippen molar-refractivity contribution in [2.75, 3.05) is 14.1 Å². The van der Waals surface area contributed by atoms with Gasteiger partial charge in [-0.3, -0.25) is 14.6 Å². The minimum Gasteiger partial charge on any atom is -0.269 e. The number of carbonyl (C=O) groups excluding carboxylic acids is 2. The molecule has 0 aromatic heterocycles. The number of carbonyl (C=O) groups is 2. The van der Waals surface area contributed by atoms with Gasteiger partial charge in [0.05, 0.1) is 29.5 Å². The maximum absolute atomic E-state index is 13.8. The predicted octanol–water partition coefficient (Wildman–Crippen LogP) is 1.39. The molecule has 3 rings (SSSR count). The molecule has 1 unspecified atom stereocenters. The molecule has 1 saturated heterocycles. The molecule has 0 bridgehead atoms. The Morgan fingerprint density at radius 2 is 2.05 bits per heavy atom. The molecule has 0 aliphatic carbocycles. The van der Waals surface area contributed by atoms with Crippen LogP contribution in [0.15, 0.2) is 29.3 Å². The fourth-order valence-corrected chi connectivity index (χ4v) is 2.90. The molecular weight excluding hydrogens is 355 g/mol. The lowest BCUT2D eigenvalue weighted by atomic mass is 10.1. The van der Waals surface area contributed by atoms with Crippen LogP contribution in [0.25, 0.3) is 0 Å². The molecule has 1 atom stereocenters. The van der Waals surface area contributed by atoms with E-state index in [2.05, 4.69) is 20.9 Å². The number of aliphatic imine (C=N–C) groups is 1. The van der Waals surface area contributed by atoms with Gasteiger partial charge in [-0.15, -0.1) is 0 Å². The van der Waals surface area contributed by atoms with Crippen molar-refractivity contribution < 1.29 is 18.6 Å². The Morgan fingerprint density at radius 1 is 1.36 bits per heavy atom. The number of halogens is 2. The van der Waals surface area contributed by atoms with Crippen molar-refractivity contribution >= 4 is 38.4 Å². The molecule has 6 nitrogen and oxygen atoms in total. The van der Waals surface area contributed by atoms with E-state index in [9.17, 15) is 14.0 Å². The van der Waals surface area contributed by atoms with E-state index in [4.69, 9.17) is 0 Å². The van der Waals surface area contributed by atoms with E-state index >= 15 is 0 Å². The first-order valence-corrected chi connectivity index (χ1v) is 7.37. The molecule has 1 aromatic carbocycles. The molecule has 2 aliphatic heterocycles. The quantitative estimate of drug-likeness (QED) is 0.585. The number of nitrogens with zero attached hydrogens (tertiary/aromatic N) is 4. The second-order valence-corrected chi connectivity index (χ2v) is 5.82. The number of rotatable bonds is 2. The highest BCUT2D eigenvalue weighted by atomic mass is 79.9. The van der Waals surface area contributed by atoms with Crippen molar-refractivity contribution in [3.63, 3.8) is 0 Å². The smallest absolute Gasteiger partial charge is 0.269 e. The summed E-state index contributed by atoms with van der Waals surface area (Å²) < 4.78 is 15.9. The molecule has 1 aromatic rings. The minimum atomic E-state index is -0.677. The second-order valence-electron chi connectivity index (χ2n) is 5.11. The van der Waals surface area contributed by atoms with E-state index in [0.717, 1.165) is 4.90 Å². The molecule has 2 aliphatic rings. The van der Waals surface area contributed by atoms with Crippen LogP contribution < -0.4 is 0 Å². The molecule has 0 N–H and O–H groups in total. The Morgan fingerprint density at radius 3 is 2.73 bits per heavy atom. The van der Waals surface area contributed by atoms with Gasteiger partial charge in [-0.1, -0.05) is 18.2 Å². The largest absolute Gasteiger partial charge is 0.364 e. The highest BCUT2D eigenvalue weighted by Gasteiger charge is 2.52. The number of amides is 3. The first-order valence-electron chi connectivity index (χ1n) is 6.58. The Balaban J connectivity index is 1.96. The summed E-state index contributed by atoms with van der Waals surface area (Å²) in [6, 6.07) is 4.89. The normalized spacial score (nSPS) is 21.5. The van der Waals surface area contributed by atoms with Crippen LogP contribution in [-0.2, 0) is 11.3 Å². The Hall–Kier alpha value is -2.09. The van der Waals surface area contributed by atoms with Crippen LogP contribution >= 0.6 is 15.9 Å². The lowest BCUT2D eigenvalue weighted by Gasteiger charge is -2.32. The number of hydrogen-bond donors (Lipinski definition) is 0. The van der Waals surface area contributed by atoms with Gasteiger partial charge in [0.2, 0.25) is 0 Å². The Bertz CT molecular complexity index is 746. The zero-order valence-electron chi connectivity index (χ0n) is 12.0. The van der Waals surface area contributed by atoms with Crippen LogP contribution in [0.4, 0.5) is 9.18 Å². The average molecular weight is 368 g/mol. The number of amidine groups is 2. The third-order valence-corrected chi connectivity index (χ3v) is 4.51. The van der Waals surface area contributed by atoms with Crippen molar-refractivity contribution in [2.24, 2.45) is 4.99 Å². The molecule has 0 saturated carbocycles. The molecule has 2 heterocycles. The molecule has 8 heteroatoms. The van der Waals surface area contributed by atoms with Crippen molar-refractivity contribution in [1.29, 1.82) is 0 Å². The third kappa shape index (κ3) is 2.14. The fourth-order valence-electron chi connectivity index (χ4n) is 2.51. The first-order chi connectivity index (χ1) is 10.4. The second kappa shape index (κ2) is 5.28. The number of urea groups is 1. The number of hydrogen-bond acceptors (Lipinski definition) is 3. The van der Waals surface area contributed by atoms with E-state index in [1.807, 2.05) is 0 Å². The topological polar surface area (TPSA) is 56.0 Å². The van der Waals surface area contributed by atoms with Gasteiger partial charge in [0.1, 0.15) is 5.82 Å². The maximum Gasteiger partial charge on any atom is 0.364 e. The van der Waals surface area contributed by atoms with Gasteiger partial charge in [-0.05, 0) is 11.1 Å². The standard InChI is InChI=1S/C14H13BrFN4O2/c1-18-10-11(17-13(18)15)19(2)14(22)20(12(10)21)7-8-5-3-4-6-9(8)16/h3-6,10H,7H2,1-2H3/q+1. The van der Waals surface area contributed by atoms with E-state index < -0.39 is 23.8 Å². The van der Waals surface area contributed by atoms with Crippen LogP contribution in [0.1, 0.15) is 5.56 Å². The van der Waals surface area contributed by atoms with Gasteiger partial charge in [0.25, 0.3) is 17.8 Å². The monoisotopic (exact) mass is 367 g/mol. The van der Waals surface area contributed by atoms with Crippen molar-refractivity contribution in [3.8, 4) is 0 Å². The van der Waals surface area contributed by atoms with Gasteiger partial charge >= 0.3 is 10.8 Å². The highest BCUT2D eigenvalue weighted by molar-refractivity contribution is 9.18. The Labute approximate surface area is 134 Å². The summed E-state index contributed by atoms with van der Waals surface area (Å²) in [4.78, 5) is 31.6. The molecule has 22 heavy (non-hydrogen) atoms. The average Bonchev–Trinajstić information content (AvgIpc) is 2.79. The molecule has 3 amide bonds. The molecule has 1 fully saturated rings. The van der Waals surface area contributed by atoms with Crippen molar-refractivity contribution in [2.45, 2.75) is 12.6 Å². The molecule has 0 radical (unpaired) electrons. The van der Waals surface area contributed by atoms with E-state index in [1.165, 1.54) is 11.0 Å². The number of fused-ring (bicyclic) bond motifs is 1. The summed E-state index contributed by atoms with van der Waals surface area (Å²) in [6.07, 6.45) is 0. The molecule has 0 spiro atoms. The number of benzene rings is 1. The van der Waals surface area contributed by atoms with E-state index in [0.29, 0.717) is 16.1 Å². The number of imide groups is 1. The summed E-state index contributed by atoms with van der Waals surface area (Å²) in [5.74, 6) is -0.492. The van der Waals surface area contributed by atoms with Crippen LogP contribution in [-0.4, -0.2) is 57.0 Å². The highest BCUT2D eigenvalue weighted by Crippen LogP contribution is 2.22. The summed E-state index contributed by atoms with van der Waals surface area (Å²) >= 11 is 3.25. The zero-order chi connectivity index (χ0) is 16.0. The van der Waals surface area contributed by atoms with Gasteiger partial charge < -0.3 is 0 Å². The van der Waals surface area contributed by atoms with Crippen molar-refractivity contribution in [1.82, 2.24) is 9.80 Å². The maximum atomic E-state index is 13.8. The summed E-state index contributed by atoms with van der Waals surface area (Å²) in [5, 5.41) is 0. The number of likely N-dealkylation sites (N-methyl/N-ethyl adjacent to an activating group) is 2. The zero-order valence-corrected chi connectivity index (χ0v) is 13.5.